The van der Waals surface area contributed by atoms with Crippen LogP contribution in [0.15, 0.2) is 72.8 Å². The van der Waals surface area contributed by atoms with E-state index in [2.05, 4.69) is 0 Å². The van der Waals surface area contributed by atoms with Gasteiger partial charge in [-0.3, -0.25) is 4.79 Å². The smallest absolute Gasteiger partial charge is 0.231 e. The zero-order chi connectivity index (χ0) is 20.4. The van der Waals surface area contributed by atoms with Gasteiger partial charge < -0.3 is 9.64 Å². The van der Waals surface area contributed by atoms with E-state index in [1.165, 1.54) is 0 Å². The van der Waals surface area contributed by atoms with Crippen molar-refractivity contribution in [3.8, 4) is 5.75 Å². The van der Waals surface area contributed by atoms with Gasteiger partial charge in [-0.1, -0.05) is 47.5 Å². The number of benzene rings is 3. The summed E-state index contributed by atoms with van der Waals surface area (Å²) in [6, 6.07) is 23.1. The highest BCUT2D eigenvalue weighted by Gasteiger charge is 2.40. The normalized spacial score (nSPS) is 18.9. The molecule has 0 spiro atoms. The fourth-order valence-corrected chi connectivity index (χ4v) is 4.17. The summed E-state index contributed by atoms with van der Waals surface area (Å²) in [5.41, 5.74) is 3.06. The fourth-order valence-electron chi connectivity index (χ4n) is 3.92. The second kappa shape index (κ2) is 8.48. The van der Waals surface area contributed by atoms with Crippen molar-refractivity contribution in [3.63, 3.8) is 0 Å². The average molecular weight is 426 g/mol. The Morgan fingerprint density at radius 1 is 0.897 bits per heavy atom. The number of halogens is 2. The minimum Gasteiger partial charge on any atom is -0.497 e. The summed E-state index contributed by atoms with van der Waals surface area (Å²) in [4.78, 5) is 15.3. The van der Waals surface area contributed by atoms with E-state index in [1.54, 1.807) is 7.11 Å². The molecule has 1 amide bonds. The molecule has 1 fully saturated rings. The topological polar surface area (TPSA) is 29.5 Å². The second-order valence-electron chi connectivity index (χ2n) is 7.24. The van der Waals surface area contributed by atoms with Crippen molar-refractivity contribution >= 4 is 34.8 Å². The molecule has 3 nitrogen and oxygen atoms in total. The third-order valence-corrected chi connectivity index (χ3v) is 5.91. The Morgan fingerprint density at radius 2 is 1.48 bits per heavy atom. The van der Waals surface area contributed by atoms with Gasteiger partial charge in [0.05, 0.1) is 13.2 Å². The van der Waals surface area contributed by atoms with Gasteiger partial charge in [-0.15, -0.1) is 0 Å². The van der Waals surface area contributed by atoms with Gasteiger partial charge in [0.25, 0.3) is 0 Å². The lowest BCUT2D eigenvalue weighted by Crippen LogP contribution is -2.29. The zero-order valence-electron chi connectivity index (χ0n) is 16.0. The second-order valence-corrected chi connectivity index (χ2v) is 8.11. The number of methoxy groups -OCH3 is 1. The Morgan fingerprint density at radius 3 is 2.07 bits per heavy atom. The number of carbonyl (C=O) groups is 1. The molecular formula is C24H21Cl2NO2. The summed E-state index contributed by atoms with van der Waals surface area (Å²) in [6.07, 6.45) is 1.44. The van der Waals surface area contributed by atoms with E-state index in [4.69, 9.17) is 27.9 Å². The number of nitrogens with zero attached hydrogens (tertiary/aromatic N) is 1. The molecule has 5 heteroatoms. The quantitative estimate of drug-likeness (QED) is 0.477. The van der Waals surface area contributed by atoms with E-state index in [0.717, 1.165) is 29.0 Å². The van der Waals surface area contributed by atoms with Crippen LogP contribution < -0.4 is 9.64 Å². The Balaban J connectivity index is 1.65. The molecule has 3 aromatic carbocycles. The van der Waals surface area contributed by atoms with Crippen molar-refractivity contribution in [2.45, 2.75) is 18.9 Å². The van der Waals surface area contributed by atoms with Gasteiger partial charge in [0.2, 0.25) is 5.91 Å². The molecule has 1 saturated heterocycles. The molecule has 2 unspecified atom stereocenters. The van der Waals surface area contributed by atoms with Gasteiger partial charge in [0.15, 0.2) is 0 Å². The molecule has 0 aliphatic carbocycles. The third kappa shape index (κ3) is 4.26. The van der Waals surface area contributed by atoms with E-state index in [1.807, 2.05) is 77.7 Å². The molecule has 3 aromatic rings. The molecule has 0 aromatic heterocycles. The van der Waals surface area contributed by atoms with E-state index in [0.29, 0.717) is 16.5 Å². The molecule has 0 radical (unpaired) electrons. The molecule has 148 valence electrons. The van der Waals surface area contributed by atoms with Crippen molar-refractivity contribution in [1.29, 1.82) is 0 Å². The molecule has 4 rings (SSSR count). The van der Waals surface area contributed by atoms with Crippen LogP contribution in [0.2, 0.25) is 10.0 Å². The van der Waals surface area contributed by atoms with E-state index in [9.17, 15) is 4.79 Å². The van der Waals surface area contributed by atoms with Crippen LogP contribution in [0, 0.1) is 5.92 Å². The third-order valence-electron chi connectivity index (χ3n) is 5.41. The van der Waals surface area contributed by atoms with Crippen LogP contribution in [0.5, 0.6) is 5.75 Å². The standard InChI is InChI=1S/C24H21Cl2NO2/c1-29-22-12-2-16(3-13-22)14-18-15-23(17-4-6-19(25)7-5-17)27(24(18)28)21-10-8-20(26)9-11-21/h2-13,18,23H,14-15H2,1H3. The van der Waals surface area contributed by atoms with Crippen LogP contribution in [0.1, 0.15) is 23.6 Å². The largest absolute Gasteiger partial charge is 0.497 e. The maximum atomic E-state index is 13.4. The van der Waals surface area contributed by atoms with E-state index < -0.39 is 0 Å². The molecule has 2 atom stereocenters. The van der Waals surface area contributed by atoms with Crippen LogP contribution in [0.4, 0.5) is 5.69 Å². The van der Waals surface area contributed by atoms with Crippen molar-refractivity contribution in [3.05, 3.63) is 94.0 Å². The minimum atomic E-state index is -0.0975. The first kappa shape index (κ1) is 19.8. The van der Waals surface area contributed by atoms with Gasteiger partial charge in [0, 0.05) is 21.7 Å². The van der Waals surface area contributed by atoms with Crippen LogP contribution in [0.25, 0.3) is 0 Å². The fraction of sp³-hybridized carbons (Fsp3) is 0.208. The lowest BCUT2D eigenvalue weighted by atomic mass is 9.94. The summed E-state index contributed by atoms with van der Waals surface area (Å²) >= 11 is 12.1. The number of anilines is 1. The molecule has 1 aliphatic heterocycles. The first-order chi connectivity index (χ1) is 14.0. The van der Waals surface area contributed by atoms with Crippen LogP contribution in [-0.4, -0.2) is 13.0 Å². The van der Waals surface area contributed by atoms with Crippen LogP contribution in [0.3, 0.4) is 0 Å². The average Bonchev–Trinajstić information content (AvgIpc) is 3.06. The maximum absolute atomic E-state index is 13.4. The summed E-state index contributed by atoms with van der Waals surface area (Å²) < 4.78 is 5.23. The molecular weight excluding hydrogens is 405 g/mol. The van der Waals surface area contributed by atoms with Gasteiger partial charge >= 0.3 is 0 Å². The number of ether oxygens (including phenoxy) is 1. The van der Waals surface area contributed by atoms with Gasteiger partial charge in [-0.2, -0.15) is 0 Å². The molecule has 0 bridgehead atoms. The van der Waals surface area contributed by atoms with Gasteiger partial charge in [0.1, 0.15) is 5.75 Å². The Bertz CT molecular complexity index is 985. The monoisotopic (exact) mass is 425 g/mol. The highest BCUT2D eigenvalue weighted by Crippen LogP contribution is 2.41. The number of rotatable bonds is 5. The highest BCUT2D eigenvalue weighted by atomic mass is 35.5. The lowest BCUT2D eigenvalue weighted by molar-refractivity contribution is -0.120. The minimum absolute atomic E-state index is 0.0378. The number of hydrogen-bond acceptors (Lipinski definition) is 2. The van der Waals surface area contributed by atoms with Crippen LogP contribution >= 0.6 is 23.2 Å². The van der Waals surface area contributed by atoms with Crippen LogP contribution in [-0.2, 0) is 11.2 Å². The predicted octanol–water partition coefficient (Wildman–Crippen LogP) is 6.34. The molecule has 0 saturated carbocycles. The Labute approximate surface area is 180 Å². The summed E-state index contributed by atoms with van der Waals surface area (Å²) in [5.74, 6) is 0.844. The van der Waals surface area contributed by atoms with Crippen molar-refractivity contribution < 1.29 is 9.53 Å². The predicted molar refractivity (Wildman–Crippen MR) is 118 cm³/mol. The van der Waals surface area contributed by atoms with Crippen molar-refractivity contribution in [1.82, 2.24) is 0 Å². The molecule has 0 N–H and O–H groups in total. The first-order valence-electron chi connectivity index (χ1n) is 9.52. The van der Waals surface area contributed by atoms with Gasteiger partial charge in [-0.25, -0.2) is 0 Å². The molecule has 29 heavy (non-hydrogen) atoms. The number of hydrogen-bond donors (Lipinski definition) is 0. The van der Waals surface area contributed by atoms with Crippen molar-refractivity contribution in [2.24, 2.45) is 5.92 Å². The van der Waals surface area contributed by atoms with Gasteiger partial charge in [-0.05, 0) is 72.5 Å². The van der Waals surface area contributed by atoms with E-state index in [-0.39, 0.29) is 17.9 Å². The summed E-state index contributed by atoms with van der Waals surface area (Å²) in [7, 11) is 1.65. The maximum Gasteiger partial charge on any atom is 0.231 e. The Kier molecular flexibility index (Phi) is 5.79. The number of amides is 1. The Hall–Kier alpha value is -2.49. The summed E-state index contributed by atoms with van der Waals surface area (Å²) in [5, 5.41) is 1.34. The van der Waals surface area contributed by atoms with Crippen molar-refractivity contribution in [2.75, 3.05) is 12.0 Å². The molecule has 1 aliphatic rings. The first-order valence-corrected chi connectivity index (χ1v) is 10.3. The SMILES string of the molecule is COc1ccc(CC2CC(c3ccc(Cl)cc3)N(c3ccc(Cl)cc3)C2=O)cc1. The summed E-state index contributed by atoms with van der Waals surface area (Å²) in [6.45, 7) is 0. The zero-order valence-corrected chi connectivity index (χ0v) is 17.5. The highest BCUT2D eigenvalue weighted by molar-refractivity contribution is 6.30. The van der Waals surface area contributed by atoms with E-state index >= 15 is 0 Å². The number of carbonyl (C=O) groups excluding carboxylic acids is 1. The molecule has 1 heterocycles. The lowest BCUT2D eigenvalue weighted by Gasteiger charge is -2.25.